The molecule has 0 saturated carbocycles. The average Bonchev–Trinajstić information content (AvgIpc) is 0.811. The van der Waals surface area contributed by atoms with Crippen LogP contribution in [0.3, 0.4) is 0 Å². The molecule has 0 N–H and O–H groups in total. The van der Waals surface area contributed by atoms with Gasteiger partial charge in [-0.2, -0.15) is 0 Å². The quantitative estimate of drug-likeness (QED) is 0.389. The molecule has 0 amide bonds. The maximum atomic E-state index is 9.00. The van der Waals surface area contributed by atoms with Crippen molar-refractivity contribution in [1.29, 1.82) is 0 Å². The number of rotatable bonds is 0. The van der Waals surface area contributed by atoms with Crippen LogP contribution < -0.4 is 58.2 Å². The van der Waals surface area contributed by atoms with Gasteiger partial charge in [-0.25, -0.2) is 0 Å². The van der Waals surface area contributed by atoms with E-state index in [1.54, 1.807) is 0 Å². The van der Waals surface area contributed by atoms with Crippen LogP contribution >= 0.6 is 0 Å². The van der Waals surface area contributed by atoms with Crippen molar-refractivity contribution in [3.63, 3.8) is 0 Å². The molecule has 0 spiro atoms. The Bertz CT molecular complexity index is 59.9. The minimum absolute atomic E-state index is 0. The molecule has 4 heteroatoms. The van der Waals surface area contributed by atoms with E-state index in [0.29, 0.717) is 0 Å². The fourth-order valence-corrected chi connectivity index (χ4v) is 0. The van der Waals surface area contributed by atoms with Gasteiger partial charge in [0.25, 0.3) is 0 Å². The fourth-order valence-electron chi connectivity index (χ4n) is 0. The second-order valence-electron chi connectivity index (χ2n) is 0.401. The van der Waals surface area contributed by atoms with Gasteiger partial charge >= 0.3 is 58.2 Å². The van der Waals surface area contributed by atoms with Crippen molar-refractivity contribution >= 4 is 10.7 Å². The van der Waals surface area contributed by atoms with Gasteiger partial charge in [0.05, 0.1) is 0 Å². The van der Waals surface area contributed by atoms with Gasteiger partial charge in [0.1, 0.15) is 0 Å². The first-order valence-electron chi connectivity index (χ1n) is 0.742. The summed E-state index contributed by atoms with van der Waals surface area (Å²) in [6.45, 7) is 0. The van der Waals surface area contributed by atoms with E-state index in [9.17, 15) is 0 Å². The summed E-state index contributed by atoms with van der Waals surface area (Å²) in [4.78, 5) is 0. The molecule has 0 atom stereocenters. The smallest absolute Gasteiger partial charge is 0.424 e. The summed E-state index contributed by atoms with van der Waals surface area (Å²) in [6, 6.07) is 0. The first-order chi connectivity index (χ1) is 1.73. The van der Waals surface area contributed by atoms with Gasteiger partial charge < -0.3 is 8.42 Å². The van der Waals surface area contributed by atoms with Gasteiger partial charge in [-0.15, -0.1) is 0 Å². The van der Waals surface area contributed by atoms with Crippen LogP contribution in [0, 0.1) is 0 Å². The molecule has 2 nitrogen and oxygen atoms in total. The maximum absolute atomic E-state index is 9.00. The van der Waals surface area contributed by atoms with Crippen LogP contribution in [0.25, 0.3) is 0 Å². The Hall–Kier alpha value is 1.76. The van der Waals surface area contributed by atoms with E-state index in [-0.39, 0.29) is 65.6 Å². The summed E-state index contributed by atoms with van der Waals surface area (Å²) >= 11 is 0. The molecule has 0 aromatic carbocycles. The molecule has 0 bridgehead atoms. The van der Waals surface area contributed by atoms with Crippen molar-refractivity contribution in [2.75, 3.05) is 6.26 Å². The SMILES string of the molecule is C.C[S-](=O)=O.[Rb+]. The average molecular weight is 181 g/mol. The zero-order valence-corrected chi connectivity index (χ0v) is 8.96. The molecule has 6 heavy (non-hydrogen) atoms. The topological polar surface area (TPSA) is 34.1 Å². The molecule has 0 saturated heterocycles. The summed E-state index contributed by atoms with van der Waals surface area (Å²) in [5.74, 6) is 0. The second-order valence-corrected chi connectivity index (χ2v) is 1.20. The van der Waals surface area contributed by atoms with Gasteiger partial charge in [0.15, 0.2) is 0 Å². The number of hydrogen-bond donors (Lipinski definition) is 0. The van der Waals surface area contributed by atoms with E-state index in [1.807, 2.05) is 0 Å². The van der Waals surface area contributed by atoms with Crippen LogP contribution in [-0.2, 0) is 19.1 Å². The third-order valence-corrected chi connectivity index (χ3v) is 0. The Morgan fingerprint density at radius 1 is 1.33 bits per heavy atom. The molecular formula is C2H7O2RbS. The Balaban J connectivity index is -0.0000000450. The Labute approximate surface area is 89.1 Å². The van der Waals surface area contributed by atoms with Gasteiger partial charge in [-0.1, -0.05) is 24.4 Å². The van der Waals surface area contributed by atoms with E-state index in [1.165, 1.54) is 0 Å². The minimum atomic E-state index is -1.86. The zero-order valence-electron chi connectivity index (χ0n) is 3.22. The van der Waals surface area contributed by atoms with E-state index < -0.39 is 10.7 Å². The first kappa shape index (κ1) is 15.7. The minimum Gasteiger partial charge on any atom is -0.424 e. The van der Waals surface area contributed by atoms with Crippen molar-refractivity contribution in [3.8, 4) is 0 Å². The van der Waals surface area contributed by atoms with Crippen LogP contribution in [0.4, 0.5) is 0 Å². The first-order valence-corrected chi connectivity index (χ1v) is 2.22. The Morgan fingerprint density at radius 2 is 1.33 bits per heavy atom. The van der Waals surface area contributed by atoms with E-state index in [0.717, 1.165) is 6.26 Å². The molecule has 0 aliphatic heterocycles. The summed E-state index contributed by atoms with van der Waals surface area (Å²) in [6.07, 6.45) is 1.08. The van der Waals surface area contributed by atoms with E-state index in [2.05, 4.69) is 0 Å². The third-order valence-electron chi connectivity index (χ3n) is 0. The Kier molecular flexibility index (Phi) is 25.8. The maximum Gasteiger partial charge on any atom is 1.00 e. The molecule has 0 fully saturated rings. The van der Waals surface area contributed by atoms with Crippen molar-refractivity contribution in [2.45, 2.75) is 7.43 Å². The second kappa shape index (κ2) is 9.90. The van der Waals surface area contributed by atoms with Gasteiger partial charge in [0.2, 0.25) is 0 Å². The van der Waals surface area contributed by atoms with Crippen LogP contribution in [0.1, 0.15) is 7.43 Å². The molecule has 0 aliphatic rings. The molecule has 0 heterocycles. The van der Waals surface area contributed by atoms with Gasteiger partial charge in [0, 0.05) is 0 Å². The third kappa shape index (κ3) is 42.2. The van der Waals surface area contributed by atoms with Crippen LogP contribution in [0.5, 0.6) is 0 Å². The monoisotopic (exact) mass is 180 g/mol. The van der Waals surface area contributed by atoms with Crippen molar-refractivity contribution in [1.82, 2.24) is 0 Å². The molecule has 34 valence electrons. The van der Waals surface area contributed by atoms with Crippen LogP contribution in [-0.4, -0.2) is 6.26 Å². The molecular weight excluding hydrogens is 174 g/mol. The summed E-state index contributed by atoms with van der Waals surface area (Å²) < 4.78 is 18.0. The Morgan fingerprint density at radius 3 is 1.33 bits per heavy atom. The van der Waals surface area contributed by atoms with Crippen molar-refractivity contribution in [3.05, 3.63) is 0 Å². The molecule has 0 rings (SSSR count). The predicted octanol–water partition coefficient (Wildman–Crippen LogP) is -2.43. The van der Waals surface area contributed by atoms with Gasteiger partial charge in [-0.3, -0.25) is 0 Å². The molecule has 0 aliphatic carbocycles. The van der Waals surface area contributed by atoms with E-state index in [4.69, 9.17) is 8.42 Å². The molecule has 0 unspecified atom stereocenters. The largest absolute Gasteiger partial charge is 1.00 e. The normalized spacial score (nSPS) is 5.67. The predicted molar refractivity (Wildman–Crippen MR) is 21.4 cm³/mol. The number of hydrogen-bond acceptors (Lipinski definition) is 3. The van der Waals surface area contributed by atoms with Crippen LogP contribution in [0.15, 0.2) is 0 Å². The molecule has 0 aromatic heterocycles. The molecule has 0 aromatic rings. The van der Waals surface area contributed by atoms with Crippen molar-refractivity contribution in [2.24, 2.45) is 0 Å². The summed E-state index contributed by atoms with van der Waals surface area (Å²) in [7, 11) is -1.86. The van der Waals surface area contributed by atoms with Crippen LogP contribution in [0.2, 0.25) is 0 Å². The van der Waals surface area contributed by atoms with Crippen molar-refractivity contribution < 1.29 is 66.6 Å². The fraction of sp³-hybridized carbons (Fsp3) is 1.00. The summed E-state index contributed by atoms with van der Waals surface area (Å²) in [5, 5.41) is 0. The van der Waals surface area contributed by atoms with Gasteiger partial charge in [-0.05, 0) is 0 Å². The standard InChI is InChI=1S/CH3O2S.CH4.Rb/c1-4(2)3;;/h1H3;1H4;/q-1;;+1. The zero-order chi connectivity index (χ0) is 3.58. The summed E-state index contributed by atoms with van der Waals surface area (Å²) in [5.41, 5.74) is 0. The van der Waals surface area contributed by atoms with E-state index >= 15 is 0 Å². The molecule has 0 radical (unpaired) electrons.